The van der Waals surface area contributed by atoms with Crippen LogP contribution in [0.5, 0.6) is 5.75 Å². The number of phenolic OH excluding ortho intramolecular Hbond substituents is 1. The summed E-state index contributed by atoms with van der Waals surface area (Å²) >= 11 is 0. The largest absolute Gasteiger partial charge is 0.508 e. The van der Waals surface area contributed by atoms with E-state index in [4.69, 9.17) is 11.5 Å². The number of aromatic amines is 1. The number of hydrogen-bond acceptors (Lipinski definition) is 4. The van der Waals surface area contributed by atoms with Crippen molar-refractivity contribution in [3.05, 3.63) is 29.5 Å². The van der Waals surface area contributed by atoms with Crippen molar-refractivity contribution >= 4 is 5.95 Å². The number of nitrogens with two attached hydrogens (primary N) is 2. The molecule has 0 radical (unpaired) electrons. The second kappa shape index (κ2) is 3.86. The number of nitrogens with zero attached hydrogens (tertiary/aromatic N) is 1. The first-order chi connectivity index (χ1) is 7.61. The van der Waals surface area contributed by atoms with E-state index in [1.807, 2.05) is 13.0 Å². The SMILES string of the molecule is Cc1[nH]c(N)nc1-c1ccc(O)c(CN)c1. The van der Waals surface area contributed by atoms with Gasteiger partial charge in [0.25, 0.3) is 0 Å². The highest BCUT2D eigenvalue weighted by atomic mass is 16.3. The van der Waals surface area contributed by atoms with E-state index in [2.05, 4.69) is 9.97 Å². The normalized spacial score (nSPS) is 10.6. The van der Waals surface area contributed by atoms with Gasteiger partial charge in [-0.25, -0.2) is 4.98 Å². The van der Waals surface area contributed by atoms with Crippen LogP contribution in [-0.2, 0) is 6.54 Å². The van der Waals surface area contributed by atoms with Crippen molar-refractivity contribution in [1.82, 2.24) is 9.97 Å². The molecule has 1 aromatic carbocycles. The van der Waals surface area contributed by atoms with Gasteiger partial charge in [0.1, 0.15) is 5.75 Å². The minimum Gasteiger partial charge on any atom is -0.508 e. The third-order valence-corrected chi connectivity index (χ3v) is 2.48. The topological polar surface area (TPSA) is 101 Å². The van der Waals surface area contributed by atoms with Gasteiger partial charge in [0.05, 0.1) is 5.69 Å². The Labute approximate surface area is 93.1 Å². The molecule has 0 unspecified atom stereocenters. The molecule has 2 aromatic rings. The molecule has 0 fully saturated rings. The van der Waals surface area contributed by atoms with Crippen LogP contribution in [0.2, 0.25) is 0 Å². The van der Waals surface area contributed by atoms with Crippen LogP contribution in [0.1, 0.15) is 11.3 Å². The third kappa shape index (κ3) is 1.72. The van der Waals surface area contributed by atoms with Gasteiger partial charge in [-0.15, -0.1) is 0 Å². The zero-order valence-electron chi connectivity index (χ0n) is 8.99. The molecule has 16 heavy (non-hydrogen) atoms. The summed E-state index contributed by atoms with van der Waals surface area (Å²) in [6, 6.07) is 5.22. The van der Waals surface area contributed by atoms with E-state index in [0.29, 0.717) is 18.1 Å². The van der Waals surface area contributed by atoms with Crippen molar-refractivity contribution in [1.29, 1.82) is 0 Å². The van der Waals surface area contributed by atoms with E-state index in [1.165, 1.54) is 0 Å². The molecule has 5 nitrogen and oxygen atoms in total. The number of benzene rings is 1. The summed E-state index contributed by atoms with van der Waals surface area (Å²) in [6.07, 6.45) is 0. The van der Waals surface area contributed by atoms with Crippen LogP contribution in [0.25, 0.3) is 11.3 Å². The van der Waals surface area contributed by atoms with Crippen LogP contribution < -0.4 is 11.5 Å². The van der Waals surface area contributed by atoms with Crippen molar-refractivity contribution in [2.75, 3.05) is 5.73 Å². The minimum absolute atomic E-state index is 0.201. The Bertz CT molecular complexity index is 519. The molecule has 5 heteroatoms. The van der Waals surface area contributed by atoms with Gasteiger partial charge >= 0.3 is 0 Å². The van der Waals surface area contributed by atoms with Gasteiger partial charge in [0, 0.05) is 23.4 Å². The minimum atomic E-state index is 0.201. The van der Waals surface area contributed by atoms with E-state index in [9.17, 15) is 5.11 Å². The Morgan fingerprint density at radius 1 is 1.44 bits per heavy atom. The molecule has 2 rings (SSSR count). The number of nitrogens with one attached hydrogen (secondary N) is 1. The summed E-state index contributed by atoms with van der Waals surface area (Å²) in [4.78, 5) is 7.12. The van der Waals surface area contributed by atoms with Gasteiger partial charge in [-0.1, -0.05) is 0 Å². The number of phenols is 1. The first kappa shape index (κ1) is 10.5. The molecular weight excluding hydrogens is 204 g/mol. The summed E-state index contributed by atoms with van der Waals surface area (Å²) in [5, 5.41) is 9.52. The Morgan fingerprint density at radius 3 is 2.75 bits per heavy atom. The van der Waals surface area contributed by atoms with Gasteiger partial charge in [0.15, 0.2) is 5.95 Å². The fourth-order valence-corrected chi connectivity index (χ4v) is 1.66. The predicted molar refractivity (Wildman–Crippen MR) is 62.7 cm³/mol. The number of hydrogen-bond donors (Lipinski definition) is 4. The first-order valence-corrected chi connectivity index (χ1v) is 4.96. The molecule has 0 amide bonds. The summed E-state index contributed by atoms with van der Waals surface area (Å²) in [5.74, 6) is 0.585. The van der Waals surface area contributed by atoms with Gasteiger partial charge in [-0.05, 0) is 25.1 Å². The maximum Gasteiger partial charge on any atom is 0.198 e. The molecule has 0 atom stereocenters. The van der Waals surface area contributed by atoms with Gasteiger partial charge < -0.3 is 21.6 Å². The number of H-pyrrole nitrogens is 1. The monoisotopic (exact) mass is 218 g/mol. The smallest absolute Gasteiger partial charge is 0.198 e. The molecule has 0 saturated carbocycles. The molecule has 0 saturated heterocycles. The zero-order valence-corrected chi connectivity index (χ0v) is 8.99. The van der Waals surface area contributed by atoms with Gasteiger partial charge in [-0.3, -0.25) is 0 Å². The lowest BCUT2D eigenvalue weighted by Gasteiger charge is -2.04. The lowest BCUT2D eigenvalue weighted by molar-refractivity contribution is 0.468. The molecule has 0 bridgehead atoms. The lowest BCUT2D eigenvalue weighted by Crippen LogP contribution is -1.97. The molecule has 6 N–H and O–H groups in total. The fourth-order valence-electron chi connectivity index (χ4n) is 1.66. The molecule has 0 aliphatic carbocycles. The number of aryl methyl sites for hydroxylation is 1. The summed E-state index contributed by atoms with van der Waals surface area (Å²) < 4.78 is 0. The quantitative estimate of drug-likeness (QED) is 0.607. The summed E-state index contributed by atoms with van der Waals surface area (Å²) in [7, 11) is 0. The molecule has 84 valence electrons. The summed E-state index contributed by atoms with van der Waals surface area (Å²) in [6.45, 7) is 2.19. The highest BCUT2D eigenvalue weighted by Gasteiger charge is 2.09. The Balaban J connectivity index is 2.52. The number of rotatable bonds is 2. The van der Waals surface area contributed by atoms with Crippen LogP contribution in [0.3, 0.4) is 0 Å². The third-order valence-electron chi connectivity index (χ3n) is 2.48. The van der Waals surface area contributed by atoms with Crippen molar-refractivity contribution in [3.63, 3.8) is 0 Å². The van der Waals surface area contributed by atoms with Crippen molar-refractivity contribution in [2.45, 2.75) is 13.5 Å². The van der Waals surface area contributed by atoms with Crippen LogP contribution >= 0.6 is 0 Å². The van der Waals surface area contributed by atoms with Crippen molar-refractivity contribution in [2.24, 2.45) is 5.73 Å². The number of anilines is 1. The first-order valence-electron chi connectivity index (χ1n) is 4.96. The zero-order chi connectivity index (χ0) is 11.7. The number of aromatic nitrogens is 2. The molecule has 1 aromatic heterocycles. The predicted octanol–water partition coefficient (Wildman–Crippen LogP) is 1.13. The molecule has 0 aliphatic heterocycles. The number of imidazole rings is 1. The maximum absolute atomic E-state index is 9.52. The van der Waals surface area contributed by atoms with Crippen LogP contribution in [-0.4, -0.2) is 15.1 Å². The standard InChI is InChI=1S/C11H14N4O/c1-6-10(15-11(13)14-6)7-2-3-9(16)8(4-7)5-12/h2-4,16H,5,12H2,1H3,(H3,13,14,15). The average molecular weight is 218 g/mol. The molecule has 1 heterocycles. The van der Waals surface area contributed by atoms with E-state index >= 15 is 0 Å². The van der Waals surface area contributed by atoms with Crippen molar-refractivity contribution < 1.29 is 5.11 Å². The lowest BCUT2D eigenvalue weighted by atomic mass is 10.1. The second-order valence-corrected chi connectivity index (χ2v) is 3.64. The Hall–Kier alpha value is -2.01. The van der Waals surface area contributed by atoms with E-state index in [1.54, 1.807) is 12.1 Å². The molecule has 0 aliphatic rings. The van der Waals surface area contributed by atoms with E-state index < -0.39 is 0 Å². The van der Waals surface area contributed by atoms with Crippen LogP contribution in [0.4, 0.5) is 5.95 Å². The van der Waals surface area contributed by atoms with Crippen LogP contribution in [0.15, 0.2) is 18.2 Å². The summed E-state index contributed by atoms with van der Waals surface area (Å²) in [5.41, 5.74) is 14.4. The number of nitrogen functional groups attached to an aromatic ring is 1. The van der Waals surface area contributed by atoms with Crippen molar-refractivity contribution in [3.8, 4) is 17.0 Å². The highest BCUT2D eigenvalue weighted by molar-refractivity contribution is 5.65. The average Bonchev–Trinajstić information content (AvgIpc) is 2.59. The molecule has 0 spiro atoms. The van der Waals surface area contributed by atoms with Gasteiger partial charge in [-0.2, -0.15) is 0 Å². The fraction of sp³-hybridized carbons (Fsp3) is 0.182. The van der Waals surface area contributed by atoms with E-state index in [0.717, 1.165) is 17.0 Å². The highest BCUT2D eigenvalue weighted by Crippen LogP contribution is 2.26. The Kier molecular flexibility index (Phi) is 2.54. The Morgan fingerprint density at radius 2 is 2.19 bits per heavy atom. The maximum atomic E-state index is 9.52. The number of aromatic hydroxyl groups is 1. The second-order valence-electron chi connectivity index (χ2n) is 3.64. The van der Waals surface area contributed by atoms with Crippen LogP contribution in [0, 0.1) is 6.92 Å². The van der Waals surface area contributed by atoms with Gasteiger partial charge in [0.2, 0.25) is 0 Å². The molecular formula is C11H14N4O. The van der Waals surface area contributed by atoms with E-state index in [-0.39, 0.29) is 5.75 Å².